The van der Waals surface area contributed by atoms with Crippen molar-refractivity contribution < 1.29 is 9.90 Å². The molecule has 72 valence electrons. The zero-order valence-corrected chi connectivity index (χ0v) is 7.68. The molecule has 0 atom stereocenters. The molecule has 1 fully saturated rings. The molecule has 3 N–H and O–H groups in total. The minimum atomic E-state index is -0.765. The van der Waals surface area contributed by atoms with Crippen molar-refractivity contribution in [3.63, 3.8) is 0 Å². The van der Waals surface area contributed by atoms with E-state index >= 15 is 0 Å². The lowest BCUT2D eigenvalue weighted by Crippen LogP contribution is -2.68. The van der Waals surface area contributed by atoms with Crippen LogP contribution in [0.2, 0.25) is 0 Å². The van der Waals surface area contributed by atoms with Gasteiger partial charge < -0.3 is 10.4 Å². The van der Waals surface area contributed by atoms with Gasteiger partial charge in [0.1, 0.15) is 0 Å². The van der Waals surface area contributed by atoms with Gasteiger partial charge in [0.15, 0.2) is 0 Å². The number of hydrogen-bond donors (Lipinski definition) is 3. The molecule has 1 heterocycles. The van der Waals surface area contributed by atoms with Crippen LogP contribution in [0.3, 0.4) is 0 Å². The lowest BCUT2D eigenvalue weighted by Gasteiger charge is -2.42. The first-order chi connectivity index (χ1) is 6.18. The van der Waals surface area contributed by atoms with Gasteiger partial charge in [0, 0.05) is 13.1 Å². The topological polar surface area (TPSA) is 61.4 Å². The van der Waals surface area contributed by atoms with Crippen LogP contribution in [0, 0.1) is 11.8 Å². The van der Waals surface area contributed by atoms with Crippen LogP contribution in [0.1, 0.15) is 13.3 Å². The van der Waals surface area contributed by atoms with Gasteiger partial charge in [-0.15, -0.1) is 5.92 Å². The highest BCUT2D eigenvalue weighted by molar-refractivity contribution is 5.68. The molecule has 1 aliphatic rings. The van der Waals surface area contributed by atoms with Crippen molar-refractivity contribution >= 4 is 5.97 Å². The standard InChI is InChI=1S/C9H14N2O2/c1-2-3-4-11-9(5-8(12)13)6-10-7-9/h10-11H,4-7H2,1H3,(H,12,13). The monoisotopic (exact) mass is 182 g/mol. The van der Waals surface area contributed by atoms with Crippen LogP contribution >= 0.6 is 0 Å². The molecule has 0 aromatic heterocycles. The van der Waals surface area contributed by atoms with Crippen molar-refractivity contribution in [2.45, 2.75) is 18.9 Å². The molecule has 0 aromatic carbocycles. The zero-order chi connectivity index (χ0) is 9.73. The van der Waals surface area contributed by atoms with Gasteiger partial charge in [0.05, 0.1) is 18.5 Å². The minimum absolute atomic E-state index is 0.158. The van der Waals surface area contributed by atoms with Gasteiger partial charge in [-0.1, -0.05) is 5.92 Å². The maximum atomic E-state index is 10.5. The summed E-state index contributed by atoms with van der Waals surface area (Å²) >= 11 is 0. The summed E-state index contributed by atoms with van der Waals surface area (Å²) in [6, 6.07) is 0. The molecule has 1 rings (SSSR count). The van der Waals surface area contributed by atoms with Gasteiger partial charge >= 0.3 is 5.97 Å². The Bertz CT molecular complexity index is 248. The quantitative estimate of drug-likeness (QED) is 0.509. The van der Waals surface area contributed by atoms with E-state index in [9.17, 15) is 4.79 Å². The normalized spacial score (nSPS) is 18.2. The highest BCUT2D eigenvalue weighted by Crippen LogP contribution is 2.15. The lowest BCUT2D eigenvalue weighted by atomic mass is 9.88. The Morgan fingerprint density at radius 3 is 2.77 bits per heavy atom. The summed E-state index contributed by atoms with van der Waals surface area (Å²) in [6.45, 7) is 3.76. The molecule has 4 nitrogen and oxygen atoms in total. The number of hydrogen-bond acceptors (Lipinski definition) is 3. The van der Waals surface area contributed by atoms with Gasteiger partial charge in [-0.25, -0.2) is 0 Å². The Kier molecular flexibility index (Phi) is 3.29. The van der Waals surface area contributed by atoms with E-state index in [1.165, 1.54) is 0 Å². The number of carboxylic acids is 1. The van der Waals surface area contributed by atoms with Crippen LogP contribution in [0.25, 0.3) is 0 Å². The predicted molar refractivity (Wildman–Crippen MR) is 49.3 cm³/mol. The summed E-state index contributed by atoms with van der Waals surface area (Å²) in [6.07, 6.45) is 0.158. The highest BCUT2D eigenvalue weighted by atomic mass is 16.4. The largest absolute Gasteiger partial charge is 0.481 e. The van der Waals surface area contributed by atoms with Crippen molar-refractivity contribution in [3.05, 3.63) is 0 Å². The summed E-state index contributed by atoms with van der Waals surface area (Å²) < 4.78 is 0. The second-order valence-corrected chi connectivity index (χ2v) is 3.23. The maximum absolute atomic E-state index is 10.5. The van der Waals surface area contributed by atoms with E-state index < -0.39 is 5.97 Å². The Balaban J connectivity index is 2.38. The molecule has 0 bridgehead atoms. The van der Waals surface area contributed by atoms with Crippen molar-refractivity contribution in [2.75, 3.05) is 19.6 Å². The molecule has 0 unspecified atom stereocenters. The first kappa shape index (κ1) is 10.0. The average Bonchev–Trinajstić information content (AvgIpc) is 1.99. The maximum Gasteiger partial charge on any atom is 0.305 e. The van der Waals surface area contributed by atoms with Crippen LogP contribution in [-0.4, -0.2) is 36.2 Å². The first-order valence-electron chi connectivity index (χ1n) is 4.26. The van der Waals surface area contributed by atoms with E-state index in [-0.39, 0.29) is 12.0 Å². The fourth-order valence-electron chi connectivity index (χ4n) is 1.35. The zero-order valence-electron chi connectivity index (χ0n) is 7.68. The van der Waals surface area contributed by atoms with Crippen molar-refractivity contribution in [1.82, 2.24) is 10.6 Å². The first-order valence-corrected chi connectivity index (χ1v) is 4.26. The molecule has 0 saturated carbocycles. The van der Waals surface area contributed by atoms with Crippen LogP contribution in [0.4, 0.5) is 0 Å². The van der Waals surface area contributed by atoms with E-state index in [1.807, 2.05) is 0 Å². The Morgan fingerprint density at radius 1 is 1.69 bits per heavy atom. The number of rotatable bonds is 4. The molecule has 0 aliphatic carbocycles. The third kappa shape index (κ3) is 2.72. The van der Waals surface area contributed by atoms with E-state index in [0.29, 0.717) is 19.6 Å². The fraction of sp³-hybridized carbons (Fsp3) is 0.667. The number of nitrogens with one attached hydrogen (secondary N) is 2. The van der Waals surface area contributed by atoms with Gasteiger partial charge in [0.2, 0.25) is 0 Å². The van der Waals surface area contributed by atoms with E-state index in [2.05, 4.69) is 22.5 Å². The summed E-state index contributed by atoms with van der Waals surface area (Å²) in [5.41, 5.74) is -0.268. The van der Waals surface area contributed by atoms with Crippen LogP contribution in [0.15, 0.2) is 0 Å². The molecule has 1 saturated heterocycles. The molecule has 0 spiro atoms. The SMILES string of the molecule is CC#CCNC1(CC(=O)O)CNC1. The third-order valence-corrected chi connectivity index (χ3v) is 2.14. The molecule has 4 heteroatoms. The number of carbonyl (C=O) groups is 1. The molecule has 0 aromatic rings. The van der Waals surface area contributed by atoms with Crippen molar-refractivity contribution in [1.29, 1.82) is 0 Å². The summed E-state index contributed by atoms with van der Waals surface area (Å²) in [5, 5.41) is 14.9. The van der Waals surface area contributed by atoms with Crippen LogP contribution in [0.5, 0.6) is 0 Å². The second kappa shape index (κ2) is 4.26. The Morgan fingerprint density at radius 2 is 2.38 bits per heavy atom. The second-order valence-electron chi connectivity index (χ2n) is 3.23. The lowest BCUT2D eigenvalue weighted by molar-refractivity contribution is -0.139. The van der Waals surface area contributed by atoms with Crippen LogP contribution in [-0.2, 0) is 4.79 Å². The third-order valence-electron chi connectivity index (χ3n) is 2.14. The molecule has 0 amide bonds. The predicted octanol–water partition coefficient (Wildman–Crippen LogP) is -0.584. The molecular formula is C9H14N2O2. The van der Waals surface area contributed by atoms with E-state index in [4.69, 9.17) is 5.11 Å². The summed E-state index contributed by atoms with van der Waals surface area (Å²) in [5.74, 6) is 4.86. The van der Waals surface area contributed by atoms with Crippen molar-refractivity contribution in [2.24, 2.45) is 0 Å². The van der Waals surface area contributed by atoms with Crippen LogP contribution < -0.4 is 10.6 Å². The summed E-state index contributed by atoms with van der Waals surface area (Å²) in [7, 11) is 0. The smallest absolute Gasteiger partial charge is 0.305 e. The molecular weight excluding hydrogens is 168 g/mol. The minimum Gasteiger partial charge on any atom is -0.481 e. The Hall–Kier alpha value is -1.05. The van der Waals surface area contributed by atoms with Gasteiger partial charge in [-0.3, -0.25) is 10.1 Å². The van der Waals surface area contributed by atoms with Gasteiger partial charge in [0.25, 0.3) is 0 Å². The van der Waals surface area contributed by atoms with Crippen molar-refractivity contribution in [3.8, 4) is 11.8 Å². The number of carboxylic acid groups (broad SMARTS) is 1. The average molecular weight is 182 g/mol. The Labute approximate surface area is 77.7 Å². The van der Waals surface area contributed by atoms with E-state index in [1.54, 1.807) is 6.92 Å². The fourth-order valence-corrected chi connectivity index (χ4v) is 1.35. The highest BCUT2D eigenvalue weighted by Gasteiger charge is 2.38. The van der Waals surface area contributed by atoms with E-state index in [0.717, 1.165) is 0 Å². The van der Waals surface area contributed by atoms with Gasteiger partial charge in [-0.2, -0.15) is 0 Å². The summed E-state index contributed by atoms with van der Waals surface area (Å²) in [4.78, 5) is 10.5. The molecule has 13 heavy (non-hydrogen) atoms. The molecule has 0 radical (unpaired) electrons. The number of aliphatic carboxylic acids is 1. The van der Waals surface area contributed by atoms with Gasteiger partial charge in [-0.05, 0) is 6.92 Å². The molecule has 1 aliphatic heterocycles.